The highest BCUT2D eigenvalue weighted by Crippen LogP contribution is 2.29. The summed E-state index contributed by atoms with van der Waals surface area (Å²) >= 11 is 0. The van der Waals surface area contributed by atoms with E-state index in [9.17, 15) is 19.4 Å². The second-order valence-electron chi connectivity index (χ2n) is 9.39. The average Bonchev–Trinajstić information content (AvgIpc) is 3.21. The smallest absolute Gasteiger partial charge is 0.272 e. The molecule has 0 spiro atoms. The molecule has 6 nitrogen and oxygen atoms in total. The Kier molecular flexibility index (Phi) is 9.18. The largest absolute Gasteiger partial charge is 0.393 e. The summed E-state index contributed by atoms with van der Waals surface area (Å²) in [5.74, 6) is -0.0947. The molecule has 0 aliphatic rings. The number of aromatic nitrogens is 2. The van der Waals surface area contributed by atoms with Gasteiger partial charge >= 0.3 is 0 Å². The van der Waals surface area contributed by atoms with Gasteiger partial charge in [-0.05, 0) is 61.9 Å². The predicted molar refractivity (Wildman–Crippen MR) is 136 cm³/mol. The Morgan fingerprint density at radius 2 is 1.83 bits per heavy atom. The molecule has 35 heavy (non-hydrogen) atoms. The number of aliphatic hydroxyl groups is 2. The molecule has 3 aromatic rings. The van der Waals surface area contributed by atoms with Gasteiger partial charge in [-0.3, -0.25) is 4.79 Å². The fraction of sp³-hybridized carbons (Fsp3) is 0.429. The lowest BCUT2D eigenvalue weighted by molar-refractivity contribution is 0.0711. The first kappa shape index (κ1) is 26.6. The molecule has 0 saturated heterocycles. The molecule has 2 unspecified atom stereocenters. The lowest BCUT2D eigenvalue weighted by Gasteiger charge is -2.19. The normalized spacial score (nSPS) is 13.1. The van der Waals surface area contributed by atoms with Gasteiger partial charge in [0, 0.05) is 18.7 Å². The van der Waals surface area contributed by atoms with Gasteiger partial charge in [0.1, 0.15) is 17.3 Å². The molecule has 3 rings (SSSR count). The minimum Gasteiger partial charge on any atom is -0.393 e. The van der Waals surface area contributed by atoms with Gasteiger partial charge in [-0.2, -0.15) is 0 Å². The molecule has 2 aromatic carbocycles. The molecule has 1 amide bonds. The summed E-state index contributed by atoms with van der Waals surface area (Å²) in [4.78, 5) is 18.0. The average molecular weight is 482 g/mol. The molecular weight excluding hydrogens is 445 g/mol. The summed E-state index contributed by atoms with van der Waals surface area (Å²) in [6.07, 6.45) is 0.0126. The molecule has 0 aliphatic carbocycles. The van der Waals surface area contributed by atoms with E-state index in [2.05, 4.69) is 5.32 Å². The number of imidazole rings is 1. The number of amides is 1. The van der Waals surface area contributed by atoms with Gasteiger partial charge < -0.3 is 20.1 Å². The van der Waals surface area contributed by atoms with Crippen molar-refractivity contribution in [3.8, 4) is 11.4 Å². The number of nitrogens with zero attached hydrogens (tertiary/aromatic N) is 2. The Labute approximate surface area is 206 Å². The zero-order chi connectivity index (χ0) is 25.5. The monoisotopic (exact) mass is 481 g/mol. The van der Waals surface area contributed by atoms with Crippen LogP contribution >= 0.6 is 0 Å². The van der Waals surface area contributed by atoms with Crippen LogP contribution in [-0.2, 0) is 13.1 Å². The summed E-state index contributed by atoms with van der Waals surface area (Å²) in [5, 5.41) is 23.4. The third-order valence-electron chi connectivity index (χ3n) is 6.11. The minimum atomic E-state index is -0.688. The van der Waals surface area contributed by atoms with E-state index in [-0.39, 0.29) is 24.1 Å². The zero-order valence-electron chi connectivity index (χ0n) is 21.0. The van der Waals surface area contributed by atoms with E-state index < -0.39 is 12.2 Å². The molecule has 0 aliphatic heterocycles. The predicted octanol–water partition coefficient (Wildman–Crippen LogP) is 4.96. The van der Waals surface area contributed by atoms with Gasteiger partial charge in [0.25, 0.3) is 5.91 Å². The van der Waals surface area contributed by atoms with E-state index in [0.717, 1.165) is 16.8 Å². The molecule has 0 saturated carbocycles. The van der Waals surface area contributed by atoms with Gasteiger partial charge in [-0.15, -0.1) is 0 Å². The summed E-state index contributed by atoms with van der Waals surface area (Å²) < 4.78 is 15.5. The molecule has 0 bridgehead atoms. The van der Waals surface area contributed by atoms with Gasteiger partial charge in [0.2, 0.25) is 0 Å². The first-order valence-corrected chi connectivity index (χ1v) is 12.3. The fourth-order valence-corrected chi connectivity index (χ4v) is 4.23. The van der Waals surface area contributed by atoms with Crippen molar-refractivity contribution >= 4 is 5.91 Å². The Morgan fingerprint density at radius 1 is 1.11 bits per heavy atom. The maximum Gasteiger partial charge on any atom is 0.272 e. The molecule has 0 fully saturated rings. The van der Waals surface area contributed by atoms with Crippen LogP contribution in [0.4, 0.5) is 4.39 Å². The Hall–Kier alpha value is -3.03. The van der Waals surface area contributed by atoms with Crippen molar-refractivity contribution in [1.82, 2.24) is 14.9 Å². The maximum atomic E-state index is 13.6. The van der Waals surface area contributed by atoms with Crippen LogP contribution in [0.15, 0.2) is 48.5 Å². The standard InChI is InChI=1S/C28H36FN3O3/c1-5-23(33)16-24(34)13-14-32-26(18(2)3)25(31-27(32)21-9-11-22(29)12-10-21)28(35)30-17-20-8-6-7-19(4)15-20/h6-12,15,18,23-24,33-34H,5,13-14,16-17H2,1-4H3,(H,30,35). The molecule has 3 N–H and O–H groups in total. The molecule has 188 valence electrons. The van der Waals surface area contributed by atoms with Crippen LogP contribution in [0.5, 0.6) is 0 Å². The van der Waals surface area contributed by atoms with Crippen LogP contribution in [0, 0.1) is 12.7 Å². The van der Waals surface area contributed by atoms with E-state index in [1.807, 2.05) is 56.5 Å². The number of aliphatic hydroxyl groups excluding tert-OH is 2. The van der Waals surface area contributed by atoms with E-state index in [0.29, 0.717) is 43.0 Å². The zero-order valence-corrected chi connectivity index (χ0v) is 21.0. The van der Waals surface area contributed by atoms with Crippen LogP contribution < -0.4 is 5.32 Å². The SMILES string of the molecule is CCC(O)CC(O)CCn1c(-c2ccc(F)cc2)nc(C(=O)NCc2cccc(C)c2)c1C(C)C. The minimum absolute atomic E-state index is 0.0187. The molecule has 0 radical (unpaired) electrons. The van der Waals surface area contributed by atoms with Crippen LogP contribution in [0.25, 0.3) is 11.4 Å². The van der Waals surface area contributed by atoms with E-state index in [1.54, 1.807) is 12.1 Å². The fourth-order valence-electron chi connectivity index (χ4n) is 4.23. The van der Waals surface area contributed by atoms with E-state index >= 15 is 0 Å². The maximum absolute atomic E-state index is 13.6. The second kappa shape index (κ2) is 12.1. The summed E-state index contributed by atoms with van der Waals surface area (Å²) in [6, 6.07) is 14.0. The summed E-state index contributed by atoms with van der Waals surface area (Å²) in [6.45, 7) is 8.67. The Balaban J connectivity index is 1.94. The van der Waals surface area contributed by atoms with Crippen LogP contribution in [-0.4, -0.2) is 37.9 Å². The molecular formula is C28H36FN3O3. The highest BCUT2D eigenvalue weighted by atomic mass is 19.1. The third kappa shape index (κ3) is 6.99. The van der Waals surface area contributed by atoms with Crippen molar-refractivity contribution in [3.05, 3.63) is 76.9 Å². The molecule has 1 heterocycles. The van der Waals surface area contributed by atoms with Crippen molar-refractivity contribution in [1.29, 1.82) is 0 Å². The van der Waals surface area contributed by atoms with Crippen molar-refractivity contribution in [2.24, 2.45) is 0 Å². The van der Waals surface area contributed by atoms with Gasteiger partial charge in [-0.25, -0.2) is 9.37 Å². The number of hydrogen-bond acceptors (Lipinski definition) is 4. The van der Waals surface area contributed by atoms with E-state index in [4.69, 9.17) is 4.98 Å². The highest BCUT2D eigenvalue weighted by Gasteiger charge is 2.25. The number of aryl methyl sites for hydroxylation is 1. The Morgan fingerprint density at radius 3 is 2.46 bits per heavy atom. The molecule has 2 atom stereocenters. The van der Waals surface area contributed by atoms with Crippen molar-refractivity contribution in [2.45, 2.75) is 78.2 Å². The van der Waals surface area contributed by atoms with Gasteiger partial charge in [0.15, 0.2) is 0 Å². The van der Waals surface area contributed by atoms with E-state index in [1.165, 1.54) is 12.1 Å². The quantitative estimate of drug-likeness (QED) is 0.361. The van der Waals surface area contributed by atoms with Crippen molar-refractivity contribution in [2.75, 3.05) is 0 Å². The number of hydrogen-bond donors (Lipinski definition) is 3. The highest BCUT2D eigenvalue weighted by molar-refractivity contribution is 5.94. The Bertz CT molecular complexity index is 1120. The van der Waals surface area contributed by atoms with Crippen molar-refractivity contribution in [3.63, 3.8) is 0 Å². The third-order valence-corrected chi connectivity index (χ3v) is 6.11. The number of halogens is 1. The summed E-state index contributed by atoms with van der Waals surface area (Å²) in [7, 11) is 0. The molecule has 1 aromatic heterocycles. The first-order chi connectivity index (χ1) is 16.7. The van der Waals surface area contributed by atoms with Crippen LogP contribution in [0.1, 0.15) is 73.3 Å². The van der Waals surface area contributed by atoms with Crippen LogP contribution in [0.3, 0.4) is 0 Å². The lowest BCUT2D eigenvalue weighted by Crippen LogP contribution is -2.25. The molecule has 7 heteroatoms. The lowest BCUT2D eigenvalue weighted by atomic mass is 10.1. The van der Waals surface area contributed by atoms with Crippen molar-refractivity contribution < 1.29 is 19.4 Å². The topological polar surface area (TPSA) is 87.4 Å². The summed E-state index contributed by atoms with van der Waals surface area (Å²) in [5.41, 5.74) is 3.90. The van der Waals surface area contributed by atoms with Crippen LogP contribution in [0.2, 0.25) is 0 Å². The second-order valence-corrected chi connectivity index (χ2v) is 9.39. The number of benzene rings is 2. The van der Waals surface area contributed by atoms with Gasteiger partial charge in [0.05, 0.1) is 17.9 Å². The number of carbonyl (C=O) groups is 1. The number of nitrogens with one attached hydrogen (secondary N) is 1. The number of rotatable bonds is 11. The van der Waals surface area contributed by atoms with Gasteiger partial charge in [-0.1, -0.05) is 50.6 Å². The number of carbonyl (C=O) groups excluding carboxylic acids is 1. The first-order valence-electron chi connectivity index (χ1n) is 12.3.